The molecule has 0 radical (unpaired) electrons. The van der Waals surface area contributed by atoms with Crippen LogP contribution in [-0.4, -0.2) is 39.4 Å². The number of nitrogens with two attached hydrogens (primary N) is 1. The van der Waals surface area contributed by atoms with Crippen LogP contribution in [0.3, 0.4) is 0 Å². The summed E-state index contributed by atoms with van der Waals surface area (Å²) in [5.74, 6) is 0. The number of ether oxygens (including phenoxy) is 1. The van der Waals surface area contributed by atoms with Crippen molar-refractivity contribution >= 4 is 38.9 Å². The Morgan fingerprint density at radius 1 is 1.38 bits per heavy atom. The third-order valence-corrected chi connectivity index (χ3v) is 5.10. The Balaban J connectivity index is 2.93. The monoisotopic (exact) mass is 356 g/mol. The summed E-state index contributed by atoms with van der Waals surface area (Å²) in [7, 11) is -2.47. The van der Waals surface area contributed by atoms with Crippen molar-refractivity contribution in [3.05, 3.63) is 22.2 Å². The van der Waals surface area contributed by atoms with Gasteiger partial charge in [0.15, 0.2) is 0 Å². The van der Waals surface area contributed by atoms with Crippen LogP contribution in [0.4, 0.5) is 5.69 Å². The van der Waals surface area contributed by atoms with Crippen LogP contribution in [0, 0.1) is 0 Å². The second kappa shape index (κ2) is 7.13. The third-order valence-electron chi connectivity index (χ3n) is 2.78. The molecule has 120 valence electrons. The van der Waals surface area contributed by atoms with Crippen molar-refractivity contribution in [3.63, 3.8) is 0 Å². The predicted octanol–water partition coefficient (Wildman–Crippen LogP) is 1.64. The highest BCUT2D eigenvalue weighted by atomic mass is 35.5. The minimum Gasteiger partial charge on any atom is -0.399 e. The number of halogens is 2. The average molecular weight is 357 g/mol. The molecule has 0 bridgehead atoms. The first-order valence-corrected chi connectivity index (χ1v) is 8.28. The fraction of sp³-hybridized carbons (Fsp3) is 0.500. The molecule has 21 heavy (non-hydrogen) atoms. The topological polar surface area (TPSA) is 102 Å². The lowest BCUT2D eigenvalue weighted by molar-refractivity contribution is 0.0292. The molecule has 0 aromatic heterocycles. The first-order chi connectivity index (χ1) is 9.59. The number of rotatable bonds is 7. The zero-order chi connectivity index (χ0) is 16.3. The fourth-order valence-corrected chi connectivity index (χ4v) is 3.96. The summed E-state index contributed by atoms with van der Waals surface area (Å²) < 4.78 is 31.6. The Hall–Kier alpha value is -0.570. The molecule has 0 aliphatic rings. The van der Waals surface area contributed by atoms with Gasteiger partial charge in [0.05, 0.1) is 15.6 Å². The Bertz CT molecular complexity index is 582. The Labute approximate surface area is 134 Å². The third kappa shape index (κ3) is 5.28. The van der Waals surface area contributed by atoms with Gasteiger partial charge in [0, 0.05) is 32.4 Å². The van der Waals surface area contributed by atoms with Crippen molar-refractivity contribution in [1.29, 1.82) is 0 Å². The van der Waals surface area contributed by atoms with Crippen molar-refractivity contribution in [2.45, 2.75) is 23.8 Å². The maximum Gasteiger partial charge on any atom is 0.243 e. The van der Waals surface area contributed by atoms with Gasteiger partial charge in [0.1, 0.15) is 4.90 Å². The van der Waals surface area contributed by atoms with Crippen LogP contribution in [0.2, 0.25) is 10.0 Å². The Morgan fingerprint density at radius 3 is 2.38 bits per heavy atom. The van der Waals surface area contributed by atoms with Crippen LogP contribution in [0.1, 0.15) is 13.3 Å². The molecule has 0 spiro atoms. The second-order valence-electron chi connectivity index (χ2n) is 4.88. The molecule has 0 saturated carbocycles. The highest BCUT2D eigenvalue weighted by Gasteiger charge is 2.27. The van der Waals surface area contributed by atoms with Gasteiger partial charge in [-0.15, -0.1) is 0 Å². The molecule has 1 aromatic carbocycles. The molecule has 1 rings (SSSR count). The molecular formula is C12H18Cl2N2O4S. The van der Waals surface area contributed by atoms with Crippen molar-refractivity contribution in [2.24, 2.45) is 0 Å². The number of benzene rings is 1. The number of sulfonamides is 1. The molecule has 0 fully saturated rings. The summed E-state index contributed by atoms with van der Waals surface area (Å²) in [6.45, 7) is 1.61. The molecule has 1 aromatic rings. The van der Waals surface area contributed by atoms with Gasteiger partial charge in [-0.05, 0) is 19.1 Å². The molecule has 0 aliphatic carbocycles. The van der Waals surface area contributed by atoms with Gasteiger partial charge in [0.2, 0.25) is 10.0 Å². The average Bonchev–Trinajstić information content (AvgIpc) is 2.33. The highest BCUT2D eigenvalue weighted by molar-refractivity contribution is 7.89. The van der Waals surface area contributed by atoms with E-state index in [0.717, 1.165) is 0 Å². The SMILES string of the molecule is COCCC(C)(O)CNS(=O)(=O)c1c(Cl)cc(N)cc1Cl. The zero-order valence-electron chi connectivity index (χ0n) is 11.7. The van der Waals surface area contributed by atoms with Crippen molar-refractivity contribution in [2.75, 3.05) is 26.0 Å². The van der Waals surface area contributed by atoms with Gasteiger partial charge in [-0.1, -0.05) is 23.2 Å². The predicted molar refractivity (Wildman–Crippen MR) is 83.2 cm³/mol. The molecule has 0 saturated heterocycles. The van der Waals surface area contributed by atoms with Gasteiger partial charge < -0.3 is 15.6 Å². The van der Waals surface area contributed by atoms with Crippen LogP contribution >= 0.6 is 23.2 Å². The van der Waals surface area contributed by atoms with E-state index < -0.39 is 15.6 Å². The zero-order valence-corrected chi connectivity index (χ0v) is 14.0. The largest absolute Gasteiger partial charge is 0.399 e. The van der Waals surface area contributed by atoms with Crippen LogP contribution in [0.15, 0.2) is 17.0 Å². The molecule has 1 unspecified atom stereocenters. The van der Waals surface area contributed by atoms with Gasteiger partial charge in [-0.2, -0.15) is 0 Å². The van der Waals surface area contributed by atoms with E-state index in [-0.39, 0.29) is 33.6 Å². The van der Waals surface area contributed by atoms with E-state index in [0.29, 0.717) is 6.61 Å². The molecular weight excluding hydrogens is 339 g/mol. The quantitative estimate of drug-likeness (QED) is 0.644. The Morgan fingerprint density at radius 2 is 1.90 bits per heavy atom. The summed E-state index contributed by atoms with van der Waals surface area (Å²) in [5, 5.41) is 9.89. The van der Waals surface area contributed by atoms with Gasteiger partial charge in [-0.3, -0.25) is 0 Å². The normalized spacial score (nSPS) is 14.9. The lowest BCUT2D eigenvalue weighted by Gasteiger charge is -2.23. The lowest BCUT2D eigenvalue weighted by atomic mass is 10.0. The molecule has 0 aliphatic heterocycles. The molecule has 0 amide bonds. The van der Waals surface area contributed by atoms with E-state index >= 15 is 0 Å². The fourth-order valence-electron chi connectivity index (χ4n) is 1.57. The van der Waals surface area contributed by atoms with Gasteiger partial charge in [-0.25, -0.2) is 13.1 Å². The number of methoxy groups -OCH3 is 1. The number of nitrogens with one attached hydrogen (secondary N) is 1. The molecule has 6 nitrogen and oxygen atoms in total. The molecule has 9 heteroatoms. The standard InChI is InChI=1S/C12H18Cl2N2O4S/c1-12(17,3-4-20-2)7-16-21(18,19)11-9(13)5-8(15)6-10(11)14/h5-6,16-17H,3-4,7,15H2,1-2H3. The number of hydrogen-bond donors (Lipinski definition) is 3. The first kappa shape index (κ1) is 18.5. The Kier molecular flexibility index (Phi) is 6.27. The van der Waals surface area contributed by atoms with E-state index in [4.69, 9.17) is 33.7 Å². The van der Waals surface area contributed by atoms with Crippen molar-refractivity contribution in [3.8, 4) is 0 Å². The molecule has 4 N–H and O–H groups in total. The lowest BCUT2D eigenvalue weighted by Crippen LogP contribution is -2.41. The summed E-state index contributed by atoms with van der Waals surface area (Å²) in [6, 6.07) is 2.59. The summed E-state index contributed by atoms with van der Waals surface area (Å²) in [4.78, 5) is -0.262. The highest BCUT2D eigenvalue weighted by Crippen LogP contribution is 2.31. The van der Waals surface area contributed by atoms with Crippen molar-refractivity contribution in [1.82, 2.24) is 4.72 Å². The molecule has 1 atom stereocenters. The maximum absolute atomic E-state index is 12.2. The van der Waals surface area contributed by atoms with Crippen LogP contribution in [0.25, 0.3) is 0 Å². The minimum atomic E-state index is -3.97. The number of hydrogen-bond acceptors (Lipinski definition) is 5. The summed E-state index contributed by atoms with van der Waals surface area (Å²) >= 11 is 11.8. The number of aliphatic hydroxyl groups is 1. The van der Waals surface area contributed by atoms with Gasteiger partial charge in [0.25, 0.3) is 0 Å². The van der Waals surface area contributed by atoms with E-state index in [9.17, 15) is 13.5 Å². The van der Waals surface area contributed by atoms with Crippen molar-refractivity contribution < 1.29 is 18.3 Å². The van der Waals surface area contributed by atoms with E-state index in [1.165, 1.54) is 26.2 Å². The van der Waals surface area contributed by atoms with Gasteiger partial charge >= 0.3 is 0 Å². The van der Waals surface area contributed by atoms with Crippen LogP contribution < -0.4 is 10.5 Å². The number of anilines is 1. The summed E-state index contributed by atoms with van der Waals surface area (Å²) in [5.41, 5.74) is 4.54. The number of nitrogen functional groups attached to an aromatic ring is 1. The van der Waals surface area contributed by atoms with E-state index in [2.05, 4.69) is 4.72 Å². The maximum atomic E-state index is 12.2. The van der Waals surface area contributed by atoms with E-state index in [1.54, 1.807) is 0 Å². The second-order valence-corrected chi connectivity index (χ2v) is 7.40. The van der Waals surface area contributed by atoms with Crippen LogP contribution in [-0.2, 0) is 14.8 Å². The van der Waals surface area contributed by atoms with E-state index in [1.807, 2.05) is 0 Å². The minimum absolute atomic E-state index is 0.0796. The smallest absolute Gasteiger partial charge is 0.243 e. The molecule has 0 heterocycles. The summed E-state index contributed by atoms with van der Waals surface area (Å²) in [6.07, 6.45) is 0.273. The van der Waals surface area contributed by atoms with Crippen LogP contribution in [0.5, 0.6) is 0 Å². The first-order valence-electron chi connectivity index (χ1n) is 6.04.